The van der Waals surface area contributed by atoms with E-state index in [0.717, 1.165) is 38.8 Å². The molecule has 132 valence electrons. The molecule has 1 heterocycles. The summed E-state index contributed by atoms with van der Waals surface area (Å²) in [7, 11) is 0. The first-order valence-corrected chi connectivity index (χ1v) is 9.85. The van der Waals surface area contributed by atoms with Crippen LogP contribution >= 0.6 is 0 Å². The molecular weight excluding hydrogens is 288 g/mol. The molecule has 3 rings (SSSR count). The van der Waals surface area contributed by atoms with Gasteiger partial charge in [-0.2, -0.15) is 0 Å². The zero-order valence-electron chi connectivity index (χ0n) is 14.6. The quantitative estimate of drug-likeness (QED) is 0.816. The molecule has 2 N–H and O–H groups in total. The fraction of sp³-hybridized carbons (Fsp3) is 0.947. The van der Waals surface area contributed by atoms with Gasteiger partial charge in [0.2, 0.25) is 0 Å². The molecule has 0 aromatic heterocycles. The Kier molecular flexibility index (Phi) is 5.97. The summed E-state index contributed by atoms with van der Waals surface area (Å²) in [6.07, 6.45) is 13.9. The van der Waals surface area contributed by atoms with Crippen LogP contribution in [-0.4, -0.2) is 48.2 Å². The predicted octanol–water partition coefficient (Wildman–Crippen LogP) is 3.27. The summed E-state index contributed by atoms with van der Waals surface area (Å²) in [5.74, 6) is -0.699. The number of nitrogens with zero attached hydrogens (tertiary/aromatic N) is 1. The maximum atomic E-state index is 11.0. The van der Waals surface area contributed by atoms with E-state index in [9.17, 15) is 4.79 Å². The third kappa shape index (κ3) is 4.69. The van der Waals surface area contributed by atoms with E-state index >= 15 is 0 Å². The van der Waals surface area contributed by atoms with Gasteiger partial charge in [-0.05, 0) is 69.9 Å². The topological polar surface area (TPSA) is 52.6 Å². The molecule has 1 aliphatic heterocycles. The van der Waals surface area contributed by atoms with E-state index in [1.165, 1.54) is 58.0 Å². The third-order valence-corrected chi connectivity index (χ3v) is 6.77. The number of carbonyl (C=O) groups is 1. The first-order valence-electron chi connectivity index (χ1n) is 9.85. The molecule has 2 aliphatic carbocycles. The van der Waals surface area contributed by atoms with Crippen LogP contribution in [0.15, 0.2) is 0 Å². The van der Waals surface area contributed by atoms with Crippen molar-refractivity contribution < 1.29 is 9.90 Å². The highest BCUT2D eigenvalue weighted by molar-refractivity contribution is 5.70. The van der Waals surface area contributed by atoms with Crippen molar-refractivity contribution in [3.8, 4) is 0 Å². The van der Waals surface area contributed by atoms with Gasteiger partial charge in [-0.1, -0.05) is 19.3 Å². The summed E-state index contributed by atoms with van der Waals surface area (Å²) >= 11 is 0. The van der Waals surface area contributed by atoms with Crippen molar-refractivity contribution in [3.63, 3.8) is 0 Å². The molecule has 1 saturated heterocycles. The van der Waals surface area contributed by atoms with E-state index in [4.69, 9.17) is 5.11 Å². The van der Waals surface area contributed by atoms with Gasteiger partial charge in [0.05, 0.1) is 5.92 Å². The molecule has 3 fully saturated rings. The molecule has 0 bridgehead atoms. The van der Waals surface area contributed by atoms with Gasteiger partial charge in [0, 0.05) is 19.1 Å². The monoisotopic (exact) mass is 322 g/mol. The number of carboxylic acid groups (broad SMARTS) is 1. The molecule has 0 aromatic carbocycles. The van der Waals surface area contributed by atoms with Gasteiger partial charge in [-0.25, -0.2) is 0 Å². The van der Waals surface area contributed by atoms with E-state index in [0.29, 0.717) is 11.5 Å². The maximum absolute atomic E-state index is 11.0. The van der Waals surface area contributed by atoms with Crippen LogP contribution in [0.1, 0.15) is 70.6 Å². The van der Waals surface area contributed by atoms with Gasteiger partial charge < -0.3 is 15.3 Å². The molecule has 4 nitrogen and oxygen atoms in total. The number of aliphatic carboxylic acids is 1. The minimum atomic E-state index is -0.603. The van der Waals surface area contributed by atoms with Gasteiger partial charge in [-0.3, -0.25) is 4.79 Å². The van der Waals surface area contributed by atoms with Crippen molar-refractivity contribution in [1.82, 2.24) is 10.2 Å². The Morgan fingerprint density at radius 2 is 1.65 bits per heavy atom. The Morgan fingerprint density at radius 3 is 2.26 bits per heavy atom. The minimum absolute atomic E-state index is 0.0955. The molecular formula is C19H34N2O2. The Hall–Kier alpha value is -0.610. The highest BCUT2D eigenvalue weighted by Crippen LogP contribution is 2.44. The standard InChI is InChI=1S/C19H34N2O2/c22-18(23)16-4-6-17(7-5-16)20-12-15-21-13-10-19(11-14-21)8-2-1-3-9-19/h16-17,20H,1-15H2,(H,22,23). The van der Waals surface area contributed by atoms with E-state index in [2.05, 4.69) is 10.2 Å². The average molecular weight is 322 g/mol. The third-order valence-electron chi connectivity index (χ3n) is 6.77. The molecule has 0 unspecified atom stereocenters. The second-order valence-corrected chi connectivity index (χ2v) is 8.24. The summed E-state index contributed by atoms with van der Waals surface area (Å²) < 4.78 is 0. The van der Waals surface area contributed by atoms with Crippen LogP contribution in [0.5, 0.6) is 0 Å². The summed E-state index contributed by atoms with van der Waals surface area (Å²) in [5.41, 5.74) is 0.706. The first kappa shape index (κ1) is 17.2. The van der Waals surface area contributed by atoms with Crippen LogP contribution in [-0.2, 0) is 4.79 Å². The fourth-order valence-electron chi connectivity index (χ4n) is 5.02. The Labute approximate surface area is 141 Å². The normalized spacial score (nSPS) is 32.0. The largest absolute Gasteiger partial charge is 0.481 e. The smallest absolute Gasteiger partial charge is 0.306 e. The van der Waals surface area contributed by atoms with Crippen LogP contribution in [0, 0.1) is 11.3 Å². The minimum Gasteiger partial charge on any atom is -0.481 e. The van der Waals surface area contributed by atoms with Gasteiger partial charge in [-0.15, -0.1) is 0 Å². The lowest BCUT2D eigenvalue weighted by Crippen LogP contribution is -2.45. The number of rotatable bonds is 5. The van der Waals surface area contributed by atoms with E-state index < -0.39 is 5.97 Å². The van der Waals surface area contributed by atoms with Crippen molar-refractivity contribution in [2.24, 2.45) is 11.3 Å². The molecule has 0 aromatic rings. The summed E-state index contributed by atoms with van der Waals surface area (Å²) in [4.78, 5) is 13.6. The predicted molar refractivity (Wildman–Crippen MR) is 92.6 cm³/mol. The highest BCUT2D eigenvalue weighted by Gasteiger charge is 2.35. The van der Waals surface area contributed by atoms with Crippen LogP contribution in [0.3, 0.4) is 0 Å². The lowest BCUT2D eigenvalue weighted by atomic mass is 9.68. The van der Waals surface area contributed by atoms with Crippen LogP contribution < -0.4 is 5.32 Å². The first-order chi connectivity index (χ1) is 11.2. The number of likely N-dealkylation sites (tertiary alicyclic amines) is 1. The summed E-state index contributed by atoms with van der Waals surface area (Å²) in [6.45, 7) is 4.80. The molecule has 23 heavy (non-hydrogen) atoms. The number of nitrogens with one attached hydrogen (secondary N) is 1. The van der Waals surface area contributed by atoms with E-state index in [-0.39, 0.29) is 5.92 Å². The van der Waals surface area contributed by atoms with Crippen molar-refractivity contribution in [1.29, 1.82) is 0 Å². The lowest BCUT2D eigenvalue weighted by Gasteiger charge is -2.44. The summed E-state index contributed by atoms with van der Waals surface area (Å²) in [6, 6.07) is 0.542. The average Bonchev–Trinajstić information content (AvgIpc) is 2.58. The summed E-state index contributed by atoms with van der Waals surface area (Å²) in [5, 5.41) is 12.7. The zero-order chi connectivity index (χ0) is 16.1. The number of carboxylic acids is 1. The van der Waals surface area contributed by atoms with Crippen LogP contribution in [0.25, 0.3) is 0 Å². The molecule has 2 saturated carbocycles. The molecule has 1 spiro atoms. The highest BCUT2D eigenvalue weighted by atomic mass is 16.4. The van der Waals surface area contributed by atoms with Crippen molar-refractivity contribution >= 4 is 5.97 Å². The Morgan fingerprint density at radius 1 is 1.00 bits per heavy atom. The number of piperidine rings is 1. The van der Waals surface area contributed by atoms with Gasteiger partial charge in [0.1, 0.15) is 0 Å². The second kappa shape index (κ2) is 7.98. The van der Waals surface area contributed by atoms with Crippen LogP contribution in [0.4, 0.5) is 0 Å². The van der Waals surface area contributed by atoms with Crippen molar-refractivity contribution in [3.05, 3.63) is 0 Å². The van der Waals surface area contributed by atoms with Gasteiger partial charge >= 0.3 is 5.97 Å². The molecule has 4 heteroatoms. The van der Waals surface area contributed by atoms with Gasteiger partial charge in [0.25, 0.3) is 0 Å². The Balaban J connectivity index is 1.29. The van der Waals surface area contributed by atoms with Crippen LogP contribution in [0.2, 0.25) is 0 Å². The SMILES string of the molecule is O=C(O)C1CCC(NCCN2CCC3(CCCCC3)CC2)CC1. The molecule has 0 radical (unpaired) electrons. The molecule has 0 atom stereocenters. The molecule has 0 amide bonds. The van der Waals surface area contributed by atoms with Crippen molar-refractivity contribution in [2.45, 2.75) is 76.7 Å². The molecule has 3 aliphatic rings. The second-order valence-electron chi connectivity index (χ2n) is 8.24. The van der Waals surface area contributed by atoms with E-state index in [1.54, 1.807) is 0 Å². The van der Waals surface area contributed by atoms with E-state index in [1.807, 2.05) is 0 Å². The zero-order valence-corrected chi connectivity index (χ0v) is 14.6. The van der Waals surface area contributed by atoms with Crippen molar-refractivity contribution in [2.75, 3.05) is 26.2 Å². The van der Waals surface area contributed by atoms with Gasteiger partial charge in [0.15, 0.2) is 0 Å². The Bertz CT molecular complexity index is 375. The number of hydrogen-bond acceptors (Lipinski definition) is 3. The number of hydrogen-bond donors (Lipinski definition) is 2. The fourth-order valence-corrected chi connectivity index (χ4v) is 5.02. The maximum Gasteiger partial charge on any atom is 0.306 e. The lowest BCUT2D eigenvalue weighted by molar-refractivity contribution is -0.142.